The van der Waals surface area contributed by atoms with Gasteiger partial charge in [-0.2, -0.15) is 0 Å². The summed E-state index contributed by atoms with van der Waals surface area (Å²) in [5, 5.41) is 0. The molecule has 0 bridgehead atoms. The van der Waals surface area contributed by atoms with Gasteiger partial charge in [-0.25, -0.2) is 4.39 Å². The Hall–Kier alpha value is -1.75. The van der Waals surface area contributed by atoms with E-state index in [0.717, 1.165) is 18.9 Å². The molecule has 2 heterocycles. The molecule has 100 valence electrons. The number of ether oxygens (including phenoxy) is 1. The zero-order chi connectivity index (χ0) is 13.6. The molecule has 0 aliphatic carbocycles. The van der Waals surface area contributed by atoms with Crippen molar-refractivity contribution in [3.8, 4) is 0 Å². The summed E-state index contributed by atoms with van der Waals surface area (Å²) in [6.45, 7) is 2.34. The smallest absolute Gasteiger partial charge is 0.299 e. The number of hydrogen-bond acceptors (Lipinski definition) is 3. The molecule has 19 heavy (non-hydrogen) atoms. The Bertz CT molecular complexity index is 558. The molecular weight excluding hydrogens is 249 g/mol. The molecule has 0 saturated carbocycles. The third-order valence-electron chi connectivity index (χ3n) is 3.64. The van der Waals surface area contributed by atoms with Gasteiger partial charge in [0.2, 0.25) is 0 Å². The van der Waals surface area contributed by atoms with Crippen LogP contribution >= 0.6 is 0 Å². The molecule has 2 aliphatic heterocycles. The summed E-state index contributed by atoms with van der Waals surface area (Å²) >= 11 is 0. The second-order valence-electron chi connectivity index (χ2n) is 5.05. The number of carbonyl (C=O) groups excluding carboxylic acids is 2. The van der Waals surface area contributed by atoms with Gasteiger partial charge in [-0.05, 0) is 38.0 Å². The zero-order valence-electron chi connectivity index (χ0n) is 10.6. The lowest BCUT2D eigenvalue weighted by atomic mass is 10.1. The number of anilines is 1. The van der Waals surface area contributed by atoms with Crippen molar-refractivity contribution < 1.29 is 18.7 Å². The maximum absolute atomic E-state index is 13.1. The third kappa shape index (κ3) is 2.04. The first-order chi connectivity index (χ1) is 9.06. The van der Waals surface area contributed by atoms with Gasteiger partial charge in [0.25, 0.3) is 11.7 Å². The predicted octanol–water partition coefficient (Wildman–Crippen LogP) is 1.92. The van der Waals surface area contributed by atoms with Crippen LogP contribution in [0.1, 0.15) is 30.1 Å². The Morgan fingerprint density at radius 3 is 2.84 bits per heavy atom. The average molecular weight is 263 g/mol. The van der Waals surface area contributed by atoms with Crippen molar-refractivity contribution in [3.05, 3.63) is 29.6 Å². The lowest BCUT2D eigenvalue weighted by Crippen LogP contribution is -2.36. The van der Waals surface area contributed by atoms with E-state index in [9.17, 15) is 14.0 Å². The first-order valence-corrected chi connectivity index (χ1v) is 6.37. The normalized spacial score (nSPS) is 26.1. The largest absolute Gasteiger partial charge is 0.373 e. The Morgan fingerprint density at radius 2 is 2.16 bits per heavy atom. The van der Waals surface area contributed by atoms with Crippen LogP contribution in [0.4, 0.5) is 10.1 Å². The average Bonchev–Trinajstić information content (AvgIpc) is 2.88. The van der Waals surface area contributed by atoms with Crippen molar-refractivity contribution in [2.75, 3.05) is 11.4 Å². The van der Waals surface area contributed by atoms with E-state index in [0.29, 0.717) is 12.2 Å². The molecule has 0 aromatic heterocycles. The van der Waals surface area contributed by atoms with Crippen LogP contribution in [0.5, 0.6) is 0 Å². The SMILES string of the molecule is CC1CCC(CN2C(=O)C(=O)c3cc(F)ccc32)O1. The van der Waals surface area contributed by atoms with E-state index < -0.39 is 17.5 Å². The van der Waals surface area contributed by atoms with Crippen molar-refractivity contribution in [1.82, 2.24) is 0 Å². The molecule has 3 rings (SSSR count). The highest BCUT2D eigenvalue weighted by atomic mass is 19.1. The molecule has 4 nitrogen and oxygen atoms in total. The zero-order valence-corrected chi connectivity index (χ0v) is 10.6. The van der Waals surface area contributed by atoms with Crippen LogP contribution in [0.2, 0.25) is 0 Å². The number of amides is 1. The van der Waals surface area contributed by atoms with E-state index in [1.165, 1.54) is 17.0 Å². The predicted molar refractivity (Wildman–Crippen MR) is 66.7 cm³/mol. The molecule has 0 radical (unpaired) electrons. The van der Waals surface area contributed by atoms with Crippen LogP contribution in [-0.4, -0.2) is 30.4 Å². The number of ketones is 1. The summed E-state index contributed by atoms with van der Waals surface area (Å²) in [5.41, 5.74) is 0.635. The summed E-state index contributed by atoms with van der Waals surface area (Å²) in [6, 6.07) is 3.86. The lowest BCUT2D eigenvalue weighted by Gasteiger charge is -2.20. The Kier molecular flexibility index (Phi) is 2.86. The van der Waals surface area contributed by atoms with Crippen molar-refractivity contribution in [2.24, 2.45) is 0 Å². The molecule has 0 N–H and O–H groups in total. The van der Waals surface area contributed by atoms with Gasteiger partial charge in [-0.1, -0.05) is 0 Å². The van der Waals surface area contributed by atoms with Crippen molar-refractivity contribution in [1.29, 1.82) is 0 Å². The molecule has 1 aromatic carbocycles. The monoisotopic (exact) mass is 263 g/mol. The van der Waals surface area contributed by atoms with Crippen LogP contribution in [0.25, 0.3) is 0 Å². The first-order valence-electron chi connectivity index (χ1n) is 6.37. The van der Waals surface area contributed by atoms with Gasteiger partial charge in [0.15, 0.2) is 0 Å². The highest BCUT2D eigenvalue weighted by molar-refractivity contribution is 6.52. The fourth-order valence-electron chi connectivity index (χ4n) is 2.68. The number of halogens is 1. The van der Waals surface area contributed by atoms with Crippen LogP contribution in [-0.2, 0) is 9.53 Å². The van der Waals surface area contributed by atoms with Crippen LogP contribution in [0, 0.1) is 5.82 Å². The summed E-state index contributed by atoms with van der Waals surface area (Å²) < 4.78 is 18.8. The minimum Gasteiger partial charge on any atom is -0.373 e. The lowest BCUT2D eigenvalue weighted by molar-refractivity contribution is -0.114. The van der Waals surface area contributed by atoms with Crippen molar-refractivity contribution in [3.63, 3.8) is 0 Å². The molecule has 1 fully saturated rings. The van der Waals surface area contributed by atoms with Gasteiger partial charge < -0.3 is 9.64 Å². The van der Waals surface area contributed by atoms with Crippen LogP contribution in [0.15, 0.2) is 18.2 Å². The first kappa shape index (κ1) is 12.3. The summed E-state index contributed by atoms with van der Waals surface area (Å²) in [4.78, 5) is 25.1. The van der Waals surface area contributed by atoms with E-state index in [1.807, 2.05) is 6.92 Å². The van der Waals surface area contributed by atoms with E-state index in [1.54, 1.807) is 0 Å². The van der Waals surface area contributed by atoms with Gasteiger partial charge in [0, 0.05) is 0 Å². The highest BCUT2D eigenvalue weighted by Gasteiger charge is 2.38. The molecule has 0 spiro atoms. The molecule has 5 heteroatoms. The number of rotatable bonds is 2. The van der Waals surface area contributed by atoms with E-state index >= 15 is 0 Å². The second kappa shape index (κ2) is 4.42. The van der Waals surface area contributed by atoms with E-state index in [4.69, 9.17) is 4.74 Å². The second-order valence-corrected chi connectivity index (χ2v) is 5.05. The Balaban J connectivity index is 1.87. The number of fused-ring (bicyclic) bond motifs is 1. The molecule has 2 atom stereocenters. The van der Waals surface area contributed by atoms with E-state index in [-0.39, 0.29) is 17.8 Å². The molecule has 1 aromatic rings. The van der Waals surface area contributed by atoms with Crippen LogP contribution in [0.3, 0.4) is 0 Å². The minimum atomic E-state index is -0.638. The van der Waals surface area contributed by atoms with Crippen LogP contribution < -0.4 is 4.90 Å². The summed E-state index contributed by atoms with van der Waals surface area (Å²) in [7, 11) is 0. The quantitative estimate of drug-likeness (QED) is 0.766. The van der Waals surface area contributed by atoms with Gasteiger partial charge >= 0.3 is 0 Å². The summed E-state index contributed by atoms with van der Waals surface area (Å²) in [6.07, 6.45) is 1.96. The maximum atomic E-state index is 13.1. The Morgan fingerprint density at radius 1 is 1.37 bits per heavy atom. The molecule has 1 amide bonds. The highest BCUT2D eigenvalue weighted by Crippen LogP contribution is 2.31. The van der Waals surface area contributed by atoms with Gasteiger partial charge in [0.05, 0.1) is 30.0 Å². The standard InChI is InChI=1S/C14H14FNO3/c1-8-2-4-10(19-8)7-16-12-5-3-9(15)6-11(12)13(17)14(16)18/h3,5-6,8,10H,2,4,7H2,1H3. The third-order valence-corrected chi connectivity index (χ3v) is 3.64. The molecule has 1 saturated heterocycles. The molecule has 2 unspecified atom stereocenters. The molecule has 2 aliphatic rings. The fraction of sp³-hybridized carbons (Fsp3) is 0.429. The van der Waals surface area contributed by atoms with Gasteiger partial charge in [-0.3, -0.25) is 9.59 Å². The number of hydrogen-bond donors (Lipinski definition) is 0. The fourth-order valence-corrected chi connectivity index (χ4v) is 2.68. The topological polar surface area (TPSA) is 46.6 Å². The molecular formula is C14H14FNO3. The van der Waals surface area contributed by atoms with Crippen molar-refractivity contribution in [2.45, 2.75) is 32.0 Å². The number of nitrogens with zero attached hydrogens (tertiary/aromatic N) is 1. The summed E-state index contributed by atoms with van der Waals surface area (Å²) in [5.74, 6) is -1.74. The van der Waals surface area contributed by atoms with E-state index in [2.05, 4.69) is 0 Å². The number of carbonyl (C=O) groups is 2. The maximum Gasteiger partial charge on any atom is 0.299 e. The van der Waals surface area contributed by atoms with Crippen molar-refractivity contribution >= 4 is 17.4 Å². The number of benzene rings is 1. The Labute approximate surface area is 110 Å². The van der Waals surface area contributed by atoms with Gasteiger partial charge in [0.1, 0.15) is 5.82 Å². The number of Topliss-reactive ketones (excluding diaryl/α,β-unsaturated/α-hetero) is 1. The van der Waals surface area contributed by atoms with Gasteiger partial charge in [-0.15, -0.1) is 0 Å². The minimum absolute atomic E-state index is 0.0530.